The summed E-state index contributed by atoms with van der Waals surface area (Å²) in [7, 11) is 0. The van der Waals surface area contributed by atoms with E-state index in [0.717, 1.165) is 5.76 Å². The lowest BCUT2D eigenvalue weighted by atomic mass is 10.2. The van der Waals surface area contributed by atoms with E-state index in [1.807, 2.05) is 6.92 Å². The number of carbonyl (C=O) groups excluding carboxylic acids is 1. The van der Waals surface area contributed by atoms with Crippen molar-refractivity contribution >= 4 is 21.9 Å². The number of esters is 1. The molecule has 0 radical (unpaired) electrons. The second-order valence-corrected chi connectivity index (χ2v) is 5.88. The summed E-state index contributed by atoms with van der Waals surface area (Å²) < 4.78 is 29.3. The fraction of sp³-hybridized carbons (Fsp3) is 0.188. The van der Waals surface area contributed by atoms with E-state index >= 15 is 0 Å². The predicted molar refractivity (Wildman–Crippen MR) is 84.7 cm³/mol. The number of ether oxygens (including phenoxy) is 1. The van der Waals surface area contributed by atoms with Gasteiger partial charge in [0, 0.05) is 4.47 Å². The minimum absolute atomic E-state index is 0.148. The van der Waals surface area contributed by atoms with Crippen LogP contribution in [-0.4, -0.2) is 16.2 Å². The van der Waals surface area contributed by atoms with Crippen molar-refractivity contribution in [3.63, 3.8) is 0 Å². The van der Waals surface area contributed by atoms with Crippen LogP contribution in [0.3, 0.4) is 0 Å². The molecule has 0 unspecified atom stereocenters. The molecular formula is C16H12BrFN2O4. The van der Waals surface area contributed by atoms with Gasteiger partial charge in [-0.25, -0.2) is 9.18 Å². The molecule has 1 aromatic carbocycles. The van der Waals surface area contributed by atoms with E-state index < -0.39 is 11.8 Å². The van der Waals surface area contributed by atoms with Gasteiger partial charge in [0.15, 0.2) is 6.61 Å². The van der Waals surface area contributed by atoms with Gasteiger partial charge < -0.3 is 13.6 Å². The number of furan rings is 1. The van der Waals surface area contributed by atoms with Crippen LogP contribution >= 0.6 is 15.9 Å². The zero-order chi connectivity index (χ0) is 17.3. The lowest BCUT2D eigenvalue weighted by Gasteiger charge is -2.04. The summed E-state index contributed by atoms with van der Waals surface area (Å²) in [6.07, 6.45) is 0. The fourth-order valence-electron chi connectivity index (χ4n) is 2.12. The van der Waals surface area contributed by atoms with Crippen molar-refractivity contribution < 1.29 is 22.8 Å². The highest BCUT2D eigenvalue weighted by Crippen LogP contribution is 2.25. The first-order valence-electron chi connectivity index (χ1n) is 6.96. The number of carbonyl (C=O) groups is 1. The second-order valence-electron chi connectivity index (χ2n) is 5.03. The van der Waals surface area contributed by atoms with E-state index in [9.17, 15) is 9.18 Å². The summed E-state index contributed by atoms with van der Waals surface area (Å²) in [4.78, 5) is 12.0. The van der Waals surface area contributed by atoms with Gasteiger partial charge in [0.1, 0.15) is 17.3 Å². The summed E-state index contributed by atoms with van der Waals surface area (Å²) in [6.45, 7) is 3.42. The highest BCUT2D eigenvalue weighted by atomic mass is 79.9. The molecule has 0 amide bonds. The van der Waals surface area contributed by atoms with Gasteiger partial charge in [-0.3, -0.25) is 0 Å². The zero-order valence-corrected chi connectivity index (χ0v) is 14.4. The summed E-state index contributed by atoms with van der Waals surface area (Å²) in [5, 5.41) is 7.75. The van der Waals surface area contributed by atoms with Crippen LogP contribution in [0, 0.1) is 19.7 Å². The Labute approximate surface area is 144 Å². The molecule has 0 atom stereocenters. The van der Waals surface area contributed by atoms with E-state index in [1.54, 1.807) is 13.0 Å². The Bertz CT molecular complexity index is 903. The Morgan fingerprint density at radius 3 is 2.71 bits per heavy atom. The second kappa shape index (κ2) is 6.56. The van der Waals surface area contributed by atoms with Crippen LogP contribution in [0.2, 0.25) is 0 Å². The van der Waals surface area contributed by atoms with Gasteiger partial charge in [0.2, 0.25) is 0 Å². The van der Waals surface area contributed by atoms with Crippen molar-refractivity contribution in [3.05, 3.63) is 57.5 Å². The fourth-order valence-corrected chi connectivity index (χ4v) is 2.64. The largest absolute Gasteiger partial charge is 0.466 e. The summed E-state index contributed by atoms with van der Waals surface area (Å²) in [6, 6.07) is 5.48. The van der Waals surface area contributed by atoms with Crippen LogP contribution in [-0.2, 0) is 11.3 Å². The Morgan fingerprint density at radius 2 is 2.04 bits per heavy atom. The molecule has 6 nitrogen and oxygen atoms in total. The minimum Gasteiger partial charge on any atom is -0.466 e. The van der Waals surface area contributed by atoms with Crippen LogP contribution in [0.25, 0.3) is 11.5 Å². The van der Waals surface area contributed by atoms with Crippen LogP contribution in [0.1, 0.15) is 27.8 Å². The van der Waals surface area contributed by atoms with Gasteiger partial charge in [-0.15, -0.1) is 10.2 Å². The quantitative estimate of drug-likeness (QED) is 0.616. The monoisotopic (exact) mass is 394 g/mol. The standard InChI is InChI=1S/C16H12BrFN2O4/c1-8-5-12(9(2)23-8)15-20-19-14(24-15)7-22-16(21)11-4-3-10(18)6-13(11)17/h3-6H,7H2,1-2H3. The maximum absolute atomic E-state index is 13.0. The number of hydrogen-bond donors (Lipinski definition) is 0. The van der Waals surface area contributed by atoms with Crippen LogP contribution < -0.4 is 0 Å². The SMILES string of the molecule is Cc1cc(-c2nnc(COC(=O)c3ccc(F)cc3Br)o2)c(C)o1. The molecule has 0 aliphatic carbocycles. The predicted octanol–water partition coefficient (Wildman–Crippen LogP) is 4.21. The van der Waals surface area contributed by atoms with Crippen LogP contribution in [0.4, 0.5) is 4.39 Å². The first-order chi connectivity index (χ1) is 11.4. The van der Waals surface area contributed by atoms with Gasteiger partial charge in [-0.2, -0.15) is 0 Å². The number of rotatable bonds is 4. The van der Waals surface area contributed by atoms with Gasteiger partial charge >= 0.3 is 5.97 Å². The molecule has 24 heavy (non-hydrogen) atoms. The molecule has 0 bridgehead atoms. The van der Waals surface area contributed by atoms with E-state index in [2.05, 4.69) is 26.1 Å². The number of aromatic nitrogens is 2. The molecule has 0 spiro atoms. The summed E-state index contributed by atoms with van der Waals surface area (Å²) in [5.41, 5.74) is 0.899. The molecule has 2 heterocycles. The molecule has 0 N–H and O–H groups in total. The molecule has 0 aliphatic rings. The van der Waals surface area contributed by atoms with Gasteiger partial charge in [-0.1, -0.05) is 0 Å². The number of benzene rings is 1. The molecule has 3 rings (SSSR count). The van der Waals surface area contributed by atoms with Crippen LogP contribution in [0.15, 0.2) is 37.6 Å². The minimum atomic E-state index is -0.628. The highest BCUT2D eigenvalue weighted by Gasteiger charge is 2.17. The maximum atomic E-state index is 13.0. The Hall–Kier alpha value is -2.48. The van der Waals surface area contributed by atoms with Crippen molar-refractivity contribution in [1.82, 2.24) is 10.2 Å². The van der Waals surface area contributed by atoms with Crippen molar-refractivity contribution in [1.29, 1.82) is 0 Å². The van der Waals surface area contributed by atoms with Crippen molar-refractivity contribution in [2.75, 3.05) is 0 Å². The topological polar surface area (TPSA) is 78.4 Å². The lowest BCUT2D eigenvalue weighted by molar-refractivity contribution is 0.0437. The number of halogens is 2. The first-order valence-corrected chi connectivity index (χ1v) is 7.75. The molecule has 124 valence electrons. The third-order valence-corrected chi connectivity index (χ3v) is 3.87. The average molecular weight is 395 g/mol. The number of aryl methyl sites for hydroxylation is 2. The van der Waals surface area contributed by atoms with E-state index in [-0.39, 0.29) is 18.1 Å². The molecule has 2 aromatic heterocycles. The molecule has 0 saturated carbocycles. The Balaban J connectivity index is 1.69. The summed E-state index contributed by atoms with van der Waals surface area (Å²) in [5.74, 6) is 0.751. The molecular weight excluding hydrogens is 383 g/mol. The molecule has 8 heteroatoms. The smallest absolute Gasteiger partial charge is 0.339 e. The van der Waals surface area contributed by atoms with Crippen LogP contribution in [0.5, 0.6) is 0 Å². The molecule has 0 fully saturated rings. The zero-order valence-electron chi connectivity index (χ0n) is 12.8. The average Bonchev–Trinajstić information content (AvgIpc) is 3.11. The molecule has 3 aromatic rings. The van der Waals surface area contributed by atoms with Gasteiger partial charge in [-0.05, 0) is 54.0 Å². The normalized spacial score (nSPS) is 10.8. The first kappa shape index (κ1) is 16.4. The molecule has 0 aliphatic heterocycles. The van der Waals surface area contributed by atoms with Gasteiger partial charge in [0.25, 0.3) is 11.8 Å². The number of nitrogens with zero attached hydrogens (tertiary/aromatic N) is 2. The number of hydrogen-bond acceptors (Lipinski definition) is 6. The Morgan fingerprint density at radius 1 is 1.25 bits per heavy atom. The van der Waals surface area contributed by atoms with Gasteiger partial charge in [0.05, 0.1) is 11.1 Å². The third kappa shape index (κ3) is 3.38. The summed E-state index contributed by atoms with van der Waals surface area (Å²) >= 11 is 3.12. The van der Waals surface area contributed by atoms with E-state index in [1.165, 1.54) is 18.2 Å². The van der Waals surface area contributed by atoms with Crippen molar-refractivity contribution in [3.8, 4) is 11.5 Å². The van der Waals surface area contributed by atoms with Crippen molar-refractivity contribution in [2.45, 2.75) is 20.5 Å². The maximum Gasteiger partial charge on any atom is 0.339 e. The van der Waals surface area contributed by atoms with E-state index in [4.69, 9.17) is 13.6 Å². The van der Waals surface area contributed by atoms with E-state index in [0.29, 0.717) is 21.7 Å². The lowest BCUT2D eigenvalue weighted by Crippen LogP contribution is -2.06. The highest BCUT2D eigenvalue weighted by molar-refractivity contribution is 9.10. The molecule has 0 saturated heterocycles. The Kier molecular flexibility index (Phi) is 4.48. The third-order valence-electron chi connectivity index (χ3n) is 3.22. The van der Waals surface area contributed by atoms with Crippen molar-refractivity contribution in [2.24, 2.45) is 0 Å².